The molecule has 2 aliphatic rings. The Morgan fingerprint density at radius 2 is 1.92 bits per heavy atom. The summed E-state index contributed by atoms with van der Waals surface area (Å²) in [6, 6.07) is 12.6. The second-order valence-corrected chi connectivity index (χ2v) is 6.14. The molecule has 0 unspecified atom stereocenters. The number of ether oxygens (including phenoxy) is 1. The normalized spacial score (nSPS) is 19.8. The fraction of sp³-hybridized carbons (Fsp3) is 0.278. The van der Waals surface area contributed by atoms with Gasteiger partial charge in [-0.25, -0.2) is 4.79 Å². The molecule has 0 aromatic heterocycles. The van der Waals surface area contributed by atoms with Crippen molar-refractivity contribution >= 4 is 28.6 Å². The average Bonchev–Trinajstić information content (AvgIpc) is 2.93. The highest BCUT2D eigenvalue weighted by Crippen LogP contribution is 2.21. The number of imide groups is 1. The zero-order chi connectivity index (χ0) is 17.4. The van der Waals surface area contributed by atoms with Crippen LogP contribution in [0.3, 0.4) is 0 Å². The standard InChI is InChI=1S/C18H17N3O4/c22-16(20-7-8-21-15(10-20)17(23)19-18(21)24)11-25-14-6-5-12-3-1-2-4-13(12)9-14/h1-6,9,15H,7-8,10-11H2,(H,19,23,24)/t15-/m1/s1. The number of nitrogens with zero attached hydrogens (tertiary/aromatic N) is 2. The first-order valence-electron chi connectivity index (χ1n) is 8.13. The first-order valence-corrected chi connectivity index (χ1v) is 8.13. The molecule has 2 fully saturated rings. The first kappa shape index (κ1) is 15.4. The molecule has 0 aliphatic carbocycles. The molecule has 0 spiro atoms. The largest absolute Gasteiger partial charge is 0.484 e. The summed E-state index contributed by atoms with van der Waals surface area (Å²) >= 11 is 0. The van der Waals surface area contributed by atoms with Crippen molar-refractivity contribution in [3.8, 4) is 5.75 Å². The molecule has 2 saturated heterocycles. The Labute approximate surface area is 144 Å². The molecular formula is C18H17N3O4. The second kappa shape index (κ2) is 6.08. The van der Waals surface area contributed by atoms with E-state index in [0.717, 1.165) is 10.8 Å². The Morgan fingerprint density at radius 3 is 2.76 bits per heavy atom. The Hall–Kier alpha value is -3.09. The third-order valence-electron chi connectivity index (χ3n) is 4.61. The van der Waals surface area contributed by atoms with Gasteiger partial charge in [0, 0.05) is 13.1 Å². The van der Waals surface area contributed by atoms with Crippen LogP contribution in [0.25, 0.3) is 10.8 Å². The fourth-order valence-electron chi connectivity index (χ4n) is 3.23. The summed E-state index contributed by atoms with van der Waals surface area (Å²) in [4.78, 5) is 38.7. The minimum atomic E-state index is -0.592. The predicted molar refractivity (Wildman–Crippen MR) is 90.1 cm³/mol. The lowest BCUT2D eigenvalue weighted by Gasteiger charge is -2.35. The lowest BCUT2D eigenvalue weighted by atomic mass is 10.1. The van der Waals surface area contributed by atoms with Gasteiger partial charge in [-0.1, -0.05) is 30.3 Å². The maximum atomic E-state index is 12.4. The van der Waals surface area contributed by atoms with Crippen LogP contribution < -0.4 is 10.1 Å². The van der Waals surface area contributed by atoms with Crippen LogP contribution in [0.15, 0.2) is 42.5 Å². The Balaban J connectivity index is 1.38. The monoisotopic (exact) mass is 339 g/mol. The number of fused-ring (bicyclic) bond motifs is 2. The highest BCUT2D eigenvalue weighted by Gasteiger charge is 2.42. The number of hydrogen-bond acceptors (Lipinski definition) is 4. The third-order valence-corrected chi connectivity index (χ3v) is 4.61. The molecule has 0 saturated carbocycles. The Bertz CT molecular complexity index is 866. The lowest BCUT2D eigenvalue weighted by molar-refractivity contribution is -0.136. The molecule has 1 atom stereocenters. The van der Waals surface area contributed by atoms with Gasteiger partial charge in [-0.3, -0.25) is 14.9 Å². The van der Waals surface area contributed by atoms with Crippen molar-refractivity contribution in [1.82, 2.24) is 15.1 Å². The van der Waals surface area contributed by atoms with E-state index in [1.807, 2.05) is 42.5 Å². The number of hydrogen-bond donors (Lipinski definition) is 1. The minimum absolute atomic E-state index is 0.0966. The van der Waals surface area contributed by atoms with Crippen LogP contribution in [0.2, 0.25) is 0 Å². The quantitative estimate of drug-likeness (QED) is 0.846. The number of rotatable bonds is 3. The molecule has 128 valence electrons. The first-order chi connectivity index (χ1) is 12.1. The number of benzene rings is 2. The van der Waals surface area contributed by atoms with Crippen LogP contribution in [0.4, 0.5) is 4.79 Å². The van der Waals surface area contributed by atoms with Gasteiger partial charge in [0.25, 0.3) is 11.8 Å². The Morgan fingerprint density at radius 1 is 1.12 bits per heavy atom. The summed E-state index contributed by atoms with van der Waals surface area (Å²) in [5, 5.41) is 4.42. The van der Waals surface area contributed by atoms with Crippen LogP contribution in [0.5, 0.6) is 5.75 Å². The highest BCUT2D eigenvalue weighted by molar-refractivity contribution is 6.04. The topological polar surface area (TPSA) is 79.0 Å². The molecule has 2 aromatic rings. The van der Waals surface area contributed by atoms with Gasteiger partial charge in [-0.2, -0.15) is 0 Å². The molecule has 4 amide bonds. The number of piperazine rings is 1. The van der Waals surface area contributed by atoms with Crippen LogP contribution in [-0.4, -0.2) is 59.9 Å². The van der Waals surface area contributed by atoms with E-state index in [0.29, 0.717) is 18.8 Å². The number of nitrogens with one attached hydrogen (secondary N) is 1. The summed E-state index contributed by atoms with van der Waals surface area (Å²) < 4.78 is 5.62. The van der Waals surface area contributed by atoms with E-state index in [-0.39, 0.29) is 31.0 Å². The average molecular weight is 339 g/mol. The summed E-state index contributed by atoms with van der Waals surface area (Å²) in [5.74, 6) is 0.0809. The van der Waals surface area contributed by atoms with E-state index in [1.54, 1.807) is 4.90 Å². The van der Waals surface area contributed by atoms with Crippen molar-refractivity contribution in [2.75, 3.05) is 26.2 Å². The smallest absolute Gasteiger partial charge is 0.324 e. The molecule has 2 aliphatic heterocycles. The van der Waals surface area contributed by atoms with E-state index in [4.69, 9.17) is 4.74 Å². The van der Waals surface area contributed by atoms with Gasteiger partial charge in [-0.05, 0) is 22.9 Å². The number of carbonyl (C=O) groups excluding carboxylic acids is 3. The molecule has 2 aromatic carbocycles. The van der Waals surface area contributed by atoms with Gasteiger partial charge >= 0.3 is 6.03 Å². The highest BCUT2D eigenvalue weighted by atomic mass is 16.5. The van der Waals surface area contributed by atoms with Crippen LogP contribution in [0.1, 0.15) is 0 Å². The van der Waals surface area contributed by atoms with Gasteiger partial charge in [0.15, 0.2) is 6.61 Å². The fourth-order valence-corrected chi connectivity index (χ4v) is 3.23. The zero-order valence-corrected chi connectivity index (χ0v) is 13.5. The summed E-state index contributed by atoms with van der Waals surface area (Å²) in [6.07, 6.45) is 0. The molecule has 1 N–H and O–H groups in total. The predicted octanol–water partition coefficient (Wildman–Crippen LogP) is 0.981. The van der Waals surface area contributed by atoms with E-state index in [2.05, 4.69) is 5.32 Å². The summed E-state index contributed by atoms with van der Waals surface area (Å²) in [5.41, 5.74) is 0. The molecule has 0 bridgehead atoms. The summed E-state index contributed by atoms with van der Waals surface area (Å²) in [7, 11) is 0. The number of urea groups is 1. The van der Waals surface area contributed by atoms with Gasteiger partial charge in [0.2, 0.25) is 0 Å². The van der Waals surface area contributed by atoms with Crippen molar-refractivity contribution in [1.29, 1.82) is 0 Å². The molecular weight excluding hydrogens is 322 g/mol. The van der Waals surface area contributed by atoms with E-state index in [1.165, 1.54) is 4.90 Å². The van der Waals surface area contributed by atoms with Gasteiger partial charge in [0.1, 0.15) is 11.8 Å². The van der Waals surface area contributed by atoms with Crippen molar-refractivity contribution in [2.45, 2.75) is 6.04 Å². The van der Waals surface area contributed by atoms with Gasteiger partial charge < -0.3 is 14.5 Å². The Kier molecular flexibility index (Phi) is 3.76. The van der Waals surface area contributed by atoms with E-state index in [9.17, 15) is 14.4 Å². The molecule has 4 rings (SSSR count). The van der Waals surface area contributed by atoms with Crippen molar-refractivity contribution in [3.63, 3.8) is 0 Å². The van der Waals surface area contributed by atoms with E-state index >= 15 is 0 Å². The van der Waals surface area contributed by atoms with Gasteiger partial charge in [-0.15, -0.1) is 0 Å². The van der Waals surface area contributed by atoms with Crippen LogP contribution in [-0.2, 0) is 9.59 Å². The van der Waals surface area contributed by atoms with Crippen LogP contribution in [0, 0.1) is 0 Å². The van der Waals surface area contributed by atoms with Crippen molar-refractivity contribution in [3.05, 3.63) is 42.5 Å². The SMILES string of the molecule is O=C1NC(=O)N2CCN(C(=O)COc3ccc4ccccc4c3)C[C@H]12. The number of amides is 4. The molecule has 2 heterocycles. The van der Waals surface area contributed by atoms with Crippen molar-refractivity contribution < 1.29 is 19.1 Å². The van der Waals surface area contributed by atoms with E-state index < -0.39 is 6.04 Å². The maximum absolute atomic E-state index is 12.4. The summed E-state index contributed by atoms with van der Waals surface area (Å²) in [6.45, 7) is 0.860. The lowest BCUT2D eigenvalue weighted by Crippen LogP contribution is -2.55. The van der Waals surface area contributed by atoms with Gasteiger partial charge in [0.05, 0.1) is 6.54 Å². The molecule has 7 nitrogen and oxygen atoms in total. The minimum Gasteiger partial charge on any atom is -0.484 e. The zero-order valence-electron chi connectivity index (χ0n) is 13.5. The van der Waals surface area contributed by atoms with Crippen LogP contribution >= 0.6 is 0 Å². The third kappa shape index (κ3) is 2.88. The molecule has 0 radical (unpaired) electrons. The molecule has 7 heteroatoms. The maximum Gasteiger partial charge on any atom is 0.324 e. The number of carbonyl (C=O) groups is 3. The van der Waals surface area contributed by atoms with Crippen molar-refractivity contribution in [2.24, 2.45) is 0 Å². The second-order valence-electron chi connectivity index (χ2n) is 6.14. The molecule has 25 heavy (non-hydrogen) atoms.